The summed E-state index contributed by atoms with van der Waals surface area (Å²) in [5, 5.41) is 4.70. The lowest BCUT2D eigenvalue weighted by Crippen LogP contribution is -2.02. The number of para-hydroxylation sites is 2. The van der Waals surface area contributed by atoms with E-state index in [4.69, 9.17) is 15.0 Å². The van der Waals surface area contributed by atoms with E-state index in [1.807, 2.05) is 6.07 Å². The molecule has 59 heavy (non-hydrogen) atoms. The van der Waals surface area contributed by atoms with Gasteiger partial charge in [0.15, 0.2) is 17.5 Å². The topological polar surface area (TPSA) is 43.6 Å². The van der Waals surface area contributed by atoms with Gasteiger partial charge in [-0.1, -0.05) is 182 Å². The van der Waals surface area contributed by atoms with Crippen molar-refractivity contribution < 1.29 is 0 Å². The van der Waals surface area contributed by atoms with Gasteiger partial charge in [0, 0.05) is 33.0 Å². The lowest BCUT2D eigenvalue weighted by Gasteiger charge is -2.16. The highest BCUT2D eigenvalue weighted by Crippen LogP contribution is 2.39. The molecule has 0 unspecified atom stereocenters. The van der Waals surface area contributed by atoms with Gasteiger partial charge in [0.25, 0.3) is 0 Å². The predicted octanol–water partition coefficient (Wildman–Crippen LogP) is 14.1. The van der Waals surface area contributed by atoms with Crippen LogP contribution in [0.2, 0.25) is 0 Å². The molecule has 9 aromatic carbocycles. The number of fused-ring (bicyclic) bond motifs is 4. The average molecular weight is 753 g/mol. The van der Waals surface area contributed by atoms with Crippen LogP contribution < -0.4 is 0 Å². The minimum absolute atomic E-state index is 0.606. The summed E-state index contributed by atoms with van der Waals surface area (Å²) in [6.45, 7) is 0. The molecule has 0 spiro atoms. The molecular formula is C55H36N4. The summed E-state index contributed by atoms with van der Waals surface area (Å²) in [5.74, 6) is 1.84. The molecule has 0 bridgehead atoms. The number of benzene rings is 9. The Morgan fingerprint density at radius 1 is 0.271 bits per heavy atom. The molecule has 0 radical (unpaired) electrons. The van der Waals surface area contributed by atoms with Crippen LogP contribution in [0.1, 0.15) is 0 Å². The third-order valence-electron chi connectivity index (χ3n) is 11.2. The van der Waals surface area contributed by atoms with Crippen LogP contribution in [-0.2, 0) is 0 Å². The van der Waals surface area contributed by atoms with E-state index in [1.54, 1.807) is 0 Å². The molecule has 4 heteroatoms. The molecule has 0 aliphatic carbocycles. The van der Waals surface area contributed by atoms with Gasteiger partial charge in [-0.25, -0.2) is 15.0 Å². The lowest BCUT2D eigenvalue weighted by molar-refractivity contribution is 1.07. The van der Waals surface area contributed by atoms with E-state index < -0.39 is 0 Å². The first kappa shape index (κ1) is 34.3. The van der Waals surface area contributed by atoms with Gasteiger partial charge in [-0.05, 0) is 75.0 Å². The molecule has 2 aromatic heterocycles. The third kappa shape index (κ3) is 6.34. The minimum atomic E-state index is 0.606. The Morgan fingerprint density at radius 2 is 0.695 bits per heavy atom. The first-order valence-corrected chi connectivity index (χ1v) is 19.9. The van der Waals surface area contributed by atoms with Crippen molar-refractivity contribution in [1.29, 1.82) is 0 Å². The molecule has 276 valence electrons. The van der Waals surface area contributed by atoms with Gasteiger partial charge in [-0.15, -0.1) is 0 Å². The van der Waals surface area contributed by atoms with Crippen molar-refractivity contribution in [3.8, 4) is 73.2 Å². The maximum Gasteiger partial charge on any atom is 0.164 e. The van der Waals surface area contributed by atoms with Crippen LogP contribution >= 0.6 is 0 Å². The van der Waals surface area contributed by atoms with Crippen molar-refractivity contribution in [3.05, 3.63) is 218 Å². The van der Waals surface area contributed by atoms with Crippen molar-refractivity contribution in [2.45, 2.75) is 0 Å². The van der Waals surface area contributed by atoms with Gasteiger partial charge >= 0.3 is 0 Å². The third-order valence-corrected chi connectivity index (χ3v) is 11.2. The average Bonchev–Trinajstić information content (AvgIpc) is 3.66. The second-order valence-electron chi connectivity index (χ2n) is 14.9. The van der Waals surface area contributed by atoms with Gasteiger partial charge in [0.1, 0.15) is 0 Å². The molecule has 4 nitrogen and oxygen atoms in total. The van der Waals surface area contributed by atoms with Crippen molar-refractivity contribution >= 4 is 32.6 Å². The number of rotatable bonds is 7. The van der Waals surface area contributed by atoms with Gasteiger partial charge in [0.2, 0.25) is 0 Å². The summed E-state index contributed by atoms with van der Waals surface area (Å²) < 4.78 is 2.39. The Bertz CT molecular complexity index is 3260. The highest BCUT2D eigenvalue weighted by Gasteiger charge is 2.19. The van der Waals surface area contributed by atoms with Gasteiger partial charge in [0.05, 0.1) is 16.7 Å². The molecule has 0 aliphatic rings. The summed E-state index contributed by atoms with van der Waals surface area (Å²) in [6.07, 6.45) is 0. The van der Waals surface area contributed by atoms with E-state index in [9.17, 15) is 0 Å². The van der Waals surface area contributed by atoms with Crippen LogP contribution in [0.25, 0.3) is 106 Å². The quantitative estimate of drug-likeness (QED) is 0.163. The Labute approximate surface area is 342 Å². The monoisotopic (exact) mass is 752 g/mol. The van der Waals surface area contributed by atoms with Crippen LogP contribution in [0.3, 0.4) is 0 Å². The van der Waals surface area contributed by atoms with E-state index in [2.05, 4.69) is 217 Å². The number of aromatic nitrogens is 4. The summed E-state index contributed by atoms with van der Waals surface area (Å²) in [7, 11) is 0. The smallest absolute Gasteiger partial charge is 0.164 e. The van der Waals surface area contributed by atoms with E-state index >= 15 is 0 Å². The fourth-order valence-corrected chi connectivity index (χ4v) is 8.33. The van der Waals surface area contributed by atoms with Crippen molar-refractivity contribution in [2.24, 2.45) is 0 Å². The molecule has 0 saturated carbocycles. The van der Waals surface area contributed by atoms with Crippen LogP contribution in [0.15, 0.2) is 218 Å². The lowest BCUT2D eigenvalue weighted by atomic mass is 9.99. The Hall–Kier alpha value is -7.95. The SMILES string of the molecule is c1ccc(-c2cccc(-c3nc(-c4ccc(-c5ccccc5)c(-n5c6ccccc6c6ccccc65)c4)nc(-c4ccc5ccc(-c6ccccc6)cc5c4)n3)c2)cc1. The number of hydrogen-bond acceptors (Lipinski definition) is 3. The summed E-state index contributed by atoms with van der Waals surface area (Å²) in [6, 6.07) is 77.0. The molecule has 0 aliphatic heterocycles. The normalized spacial score (nSPS) is 11.4. The molecule has 2 heterocycles. The van der Waals surface area contributed by atoms with Gasteiger partial charge in [-0.3, -0.25) is 0 Å². The molecule has 11 aromatic rings. The highest BCUT2D eigenvalue weighted by molar-refractivity contribution is 6.10. The predicted molar refractivity (Wildman–Crippen MR) is 244 cm³/mol. The Morgan fingerprint density at radius 3 is 1.31 bits per heavy atom. The summed E-state index contributed by atoms with van der Waals surface area (Å²) >= 11 is 0. The molecule has 0 saturated heterocycles. The number of nitrogens with zero attached hydrogens (tertiary/aromatic N) is 4. The van der Waals surface area contributed by atoms with E-state index in [0.717, 1.165) is 66.4 Å². The van der Waals surface area contributed by atoms with E-state index in [-0.39, 0.29) is 0 Å². The second-order valence-corrected chi connectivity index (χ2v) is 14.9. The van der Waals surface area contributed by atoms with E-state index in [1.165, 1.54) is 21.9 Å². The van der Waals surface area contributed by atoms with Crippen molar-refractivity contribution in [3.63, 3.8) is 0 Å². The molecule has 0 fully saturated rings. The van der Waals surface area contributed by atoms with Crippen LogP contribution in [0.5, 0.6) is 0 Å². The fraction of sp³-hybridized carbons (Fsp3) is 0. The molecule has 11 rings (SSSR count). The summed E-state index contributed by atoms with van der Waals surface area (Å²) in [4.78, 5) is 15.8. The van der Waals surface area contributed by atoms with Crippen LogP contribution in [0.4, 0.5) is 0 Å². The van der Waals surface area contributed by atoms with E-state index in [0.29, 0.717) is 17.5 Å². The maximum absolute atomic E-state index is 5.29. The molecule has 0 N–H and O–H groups in total. The first-order chi connectivity index (χ1) is 29.2. The van der Waals surface area contributed by atoms with Gasteiger partial charge < -0.3 is 4.57 Å². The zero-order valence-electron chi connectivity index (χ0n) is 32.1. The highest BCUT2D eigenvalue weighted by atomic mass is 15.0. The molecular weight excluding hydrogens is 717 g/mol. The Balaban J connectivity index is 1.13. The van der Waals surface area contributed by atoms with Crippen molar-refractivity contribution in [1.82, 2.24) is 19.5 Å². The van der Waals surface area contributed by atoms with Crippen LogP contribution in [0, 0.1) is 0 Å². The zero-order chi connectivity index (χ0) is 39.1. The second kappa shape index (κ2) is 14.5. The fourth-order valence-electron chi connectivity index (χ4n) is 8.33. The minimum Gasteiger partial charge on any atom is -0.309 e. The zero-order valence-corrected chi connectivity index (χ0v) is 32.1. The summed E-state index contributed by atoms with van der Waals surface area (Å²) in [5.41, 5.74) is 12.9. The standard InChI is InChI=1S/C55H36N4/c1-4-15-37(16-5-1)41-21-14-22-43(33-41)53-56-54(44-30-28-39-27-29-42(34-46(39)35-44)38-17-6-2-7-18-38)58-55(57-53)45-31-32-47(40-19-8-3-9-20-40)52(36-45)59-50-25-12-10-23-48(50)49-24-11-13-26-51(49)59/h1-36H. The molecule has 0 amide bonds. The largest absolute Gasteiger partial charge is 0.309 e. The number of hydrogen-bond donors (Lipinski definition) is 0. The first-order valence-electron chi connectivity index (χ1n) is 19.9. The van der Waals surface area contributed by atoms with Crippen LogP contribution in [-0.4, -0.2) is 19.5 Å². The molecule has 0 atom stereocenters. The van der Waals surface area contributed by atoms with Gasteiger partial charge in [-0.2, -0.15) is 0 Å². The Kier molecular flexibility index (Phi) is 8.45. The maximum atomic E-state index is 5.29. The van der Waals surface area contributed by atoms with Crippen molar-refractivity contribution in [2.75, 3.05) is 0 Å².